The molecule has 0 bridgehead atoms. The van der Waals surface area contributed by atoms with Crippen molar-refractivity contribution in [2.75, 3.05) is 30.4 Å². The summed E-state index contributed by atoms with van der Waals surface area (Å²) in [5, 5.41) is 2.63. The summed E-state index contributed by atoms with van der Waals surface area (Å²) in [6, 6.07) is 2.65. The monoisotopic (exact) mass is 366 g/mol. The van der Waals surface area contributed by atoms with E-state index in [0.29, 0.717) is 11.3 Å². The Morgan fingerprint density at radius 3 is 2.62 bits per heavy atom. The number of hydrogen-bond acceptors (Lipinski definition) is 5. The fraction of sp³-hybridized carbons (Fsp3) is 0.353. The van der Waals surface area contributed by atoms with Crippen LogP contribution in [0.1, 0.15) is 15.9 Å². The van der Waals surface area contributed by atoms with E-state index in [4.69, 9.17) is 4.74 Å². The molecule has 1 aliphatic rings. The number of carbonyl (C=O) groups is 1. The molecule has 0 spiro atoms. The zero-order chi connectivity index (χ0) is 18.8. The van der Waals surface area contributed by atoms with Crippen LogP contribution in [0.5, 0.6) is 5.88 Å². The molecule has 0 aromatic carbocycles. The van der Waals surface area contributed by atoms with Crippen LogP contribution in [0.15, 0.2) is 24.5 Å². The van der Waals surface area contributed by atoms with Crippen molar-refractivity contribution in [3.63, 3.8) is 0 Å². The Hall–Kier alpha value is -2.84. The molecule has 6 nitrogen and oxygen atoms in total. The molecule has 1 saturated heterocycles. The first-order valence-electron chi connectivity index (χ1n) is 7.90. The van der Waals surface area contributed by atoms with Gasteiger partial charge in [-0.3, -0.25) is 4.79 Å². The Balaban J connectivity index is 1.88. The van der Waals surface area contributed by atoms with Gasteiger partial charge in [-0.2, -0.15) is 0 Å². The zero-order valence-electron chi connectivity index (χ0n) is 14.2. The highest BCUT2D eigenvalue weighted by atomic mass is 19.2. The van der Waals surface area contributed by atoms with Crippen LogP contribution in [-0.4, -0.2) is 48.4 Å². The second-order valence-electron chi connectivity index (χ2n) is 5.93. The molecule has 1 aliphatic heterocycles. The van der Waals surface area contributed by atoms with E-state index in [1.807, 2.05) is 0 Å². The summed E-state index contributed by atoms with van der Waals surface area (Å²) in [4.78, 5) is 21.8. The molecule has 9 heteroatoms. The summed E-state index contributed by atoms with van der Waals surface area (Å²) in [5.41, 5.74) is 0.948. The van der Waals surface area contributed by atoms with Crippen molar-refractivity contribution in [1.82, 2.24) is 9.97 Å². The number of aryl methyl sites for hydroxylation is 1. The van der Waals surface area contributed by atoms with E-state index in [9.17, 15) is 18.0 Å². The Labute approximate surface area is 148 Å². The Bertz CT molecular complexity index is 824. The van der Waals surface area contributed by atoms with Gasteiger partial charge in [0, 0.05) is 12.4 Å². The quantitative estimate of drug-likeness (QED) is 0.901. The van der Waals surface area contributed by atoms with E-state index in [2.05, 4.69) is 15.3 Å². The highest BCUT2D eigenvalue weighted by Gasteiger charge is 2.35. The molecule has 2 unspecified atom stereocenters. The average molecular weight is 366 g/mol. The number of nitrogens with zero attached hydrogens (tertiary/aromatic N) is 3. The molecule has 1 N–H and O–H groups in total. The molecule has 26 heavy (non-hydrogen) atoms. The number of aromatic nitrogens is 2. The number of methoxy groups -OCH3 is 1. The van der Waals surface area contributed by atoms with Crippen molar-refractivity contribution < 1.29 is 22.7 Å². The van der Waals surface area contributed by atoms with Gasteiger partial charge in [-0.15, -0.1) is 0 Å². The Morgan fingerprint density at radius 2 is 2.00 bits per heavy atom. The summed E-state index contributed by atoms with van der Waals surface area (Å²) < 4.78 is 45.6. The van der Waals surface area contributed by atoms with Gasteiger partial charge in [0.15, 0.2) is 24.0 Å². The number of rotatable bonds is 4. The number of halogens is 3. The number of ether oxygens (including phenoxy) is 1. The largest absolute Gasteiger partial charge is 0.479 e. The van der Waals surface area contributed by atoms with Gasteiger partial charge in [0.05, 0.1) is 31.5 Å². The molecule has 3 rings (SSSR count). The predicted octanol–water partition coefficient (Wildman–Crippen LogP) is 2.68. The maximum atomic E-state index is 13.8. The number of anilines is 2. The molecule has 0 aliphatic carbocycles. The van der Waals surface area contributed by atoms with Crippen molar-refractivity contribution in [1.29, 1.82) is 0 Å². The third-order valence-electron chi connectivity index (χ3n) is 4.12. The summed E-state index contributed by atoms with van der Waals surface area (Å²) >= 11 is 0. The van der Waals surface area contributed by atoms with Gasteiger partial charge < -0.3 is 15.0 Å². The minimum absolute atomic E-state index is 0.0225. The van der Waals surface area contributed by atoms with E-state index in [0.717, 1.165) is 6.07 Å². The van der Waals surface area contributed by atoms with E-state index in [-0.39, 0.29) is 30.4 Å². The zero-order valence-corrected chi connectivity index (χ0v) is 14.2. The molecule has 3 heterocycles. The van der Waals surface area contributed by atoms with Crippen molar-refractivity contribution in [2.24, 2.45) is 0 Å². The van der Waals surface area contributed by atoms with E-state index in [1.165, 1.54) is 24.4 Å². The van der Waals surface area contributed by atoms with Gasteiger partial charge in [0.1, 0.15) is 0 Å². The maximum absolute atomic E-state index is 13.8. The highest BCUT2D eigenvalue weighted by Crippen LogP contribution is 2.31. The van der Waals surface area contributed by atoms with Crippen LogP contribution >= 0.6 is 0 Å². The fourth-order valence-electron chi connectivity index (χ4n) is 2.72. The van der Waals surface area contributed by atoms with Crippen LogP contribution in [-0.2, 0) is 0 Å². The molecule has 138 valence electrons. The lowest BCUT2D eigenvalue weighted by Gasteiger charge is -2.21. The average Bonchev–Trinajstić information content (AvgIpc) is 2.95. The van der Waals surface area contributed by atoms with Crippen LogP contribution in [0, 0.1) is 12.7 Å². The predicted molar refractivity (Wildman–Crippen MR) is 89.7 cm³/mol. The number of carbonyl (C=O) groups excluding carboxylic acids is 1. The molecule has 1 amide bonds. The van der Waals surface area contributed by atoms with Gasteiger partial charge >= 0.3 is 0 Å². The number of amides is 1. The highest BCUT2D eigenvalue weighted by molar-refractivity contribution is 6.06. The van der Waals surface area contributed by atoms with E-state index in [1.54, 1.807) is 13.0 Å². The van der Waals surface area contributed by atoms with Crippen LogP contribution in [0.2, 0.25) is 0 Å². The molecular formula is C17H17F3N4O2. The van der Waals surface area contributed by atoms with Gasteiger partial charge in [0.25, 0.3) is 5.91 Å². The van der Waals surface area contributed by atoms with Gasteiger partial charge in [-0.1, -0.05) is 0 Å². The maximum Gasteiger partial charge on any atom is 0.257 e. The summed E-state index contributed by atoms with van der Waals surface area (Å²) in [7, 11) is 1.27. The van der Waals surface area contributed by atoms with Gasteiger partial charge in [-0.25, -0.2) is 23.1 Å². The first-order chi connectivity index (χ1) is 12.4. The minimum Gasteiger partial charge on any atom is -0.479 e. The van der Waals surface area contributed by atoms with Crippen molar-refractivity contribution in [2.45, 2.75) is 19.3 Å². The van der Waals surface area contributed by atoms with Crippen LogP contribution in [0.3, 0.4) is 0 Å². The van der Waals surface area contributed by atoms with Crippen molar-refractivity contribution >= 4 is 17.4 Å². The lowest BCUT2D eigenvalue weighted by Crippen LogP contribution is -2.24. The summed E-state index contributed by atoms with van der Waals surface area (Å²) in [5.74, 6) is -1.35. The van der Waals surface area contributed by atoms with Gasteiger partial charge in [0.2, 0.25) is 5.88 Å². The Morgan fingerprint density at radius 1 is 1.31 bits per heavy atom. The Kier molecular flexibility index (Phi) is 4.97. The lowest BCUT2D eigenvalue weighted by atomic mass is 10.2. The minimum atomic E-state index is -1.61. The topological polar surface area (TPSA) is 67.3 Å². The first kappa shape index (κ1) is 18.0. The second-order valence-corrected chi connectivity index (χ2v) is 5.93. The van der Waals surface area contributed by atoms with Crippen molar-refractivity contribution in [3.05, 3.63) is 41.5 Å². The van der Waals surface area contributed by atoms with Gasteiger partial charge in [-0.05, 0) is 24.6 Å². The third kappa shape index (κ3) is 3.42. The normalized spacial score (nSPS) is 19.5. The number of pyridine rings is 2. The van der Waals surface area contributed by atoms with Crippen LogP contribution in [0.4, 0.5) is 24.7 Å². The van der Waals surface area contributed by atoms with Crippen molar-refractivity contribution in [3.8, 4) is 5.88 Å². The molecule has 0 radical (unpaired) electrons. The standard InChI is InChI=1S/C17H17F3N4O2/c1-9-3-4-21-15(24-7-12(19)13(20)8-24)14(9)23-16(25)10-5-11(18)17(26-2)22-6-10/h3-6,12-13H,7-8H2,1-2H3,(H,23,25). The number of alkyl halides is 2. The number of hydrogen-bond donors (Lipinski definition) is 1. The SMILES string of the molecule is COc1ncc(C(=O)Nc2c(C)ccnc2N2CC(F)C(F)C2)cc1F. The molecule has 2 aromatic heterocycles. The summed E-state index contributed by atoms with van der Waals surface area (Å²) in [6.07, 6.45) is -0.553. The molecule has 0 saturated carbocycles. The third-order valence-corrected chi connectivity index (χ3v) is 4.12. The molecular weight excluding hydrogens is 349 g/mol. The molecule has 2 aromatic rings. The first-order valence-corrected chi connectivity index (χ1v) is 7.90. The van der Waals surface area contributed by atoms with E-state index < -0.39 is 24.1 Å². The van der Waals surface area contributed by atoms with Crippen LogP contribution < -0.4 is 15.0 Å². The van der Waals surface area contributed by atoms with E-state index >= 15 is 0 Å². The second kappa shape index (κ2) is 7.19. The summed E-state index contributed by atoms with van der Waals surface area (Å²) in [6.45, 7) is 1.42. The lowest BCUT2D eigenvalue weighted by molar-refractivity contribution is 0.102. The molecule has 1 fully saturated rings. The fourth-order valence-corrected chi connectivity index (χ4v) is 2.72. The molecule has 2 atom stereocenters. The number of nitrogens with one attached hydrogen (secondary N) is 1. The smallest absolute Gasteiger partial charge is 0.257 e. The van der Waals surface area contributed by atoms with Crippen LogP contribution in [0.25, 0.3) is 0 Å².